The molecule has 3 rings (SSSR count). The lowest BCUT2D eigenvalue weighted by Crippen LogP contribution is -2.04. The second kappa shape index (κ2) is 5.69. The van der Waals surface area contributed by atoms with Gasteiger partial charge in [-0.2, -0.15) is 0 Å². The van der Waals surface area contributed by atoms with Crippen molar-refractivity contribution in [3.63, 3.8) is 0 Å². The Morgan fingerprint density at radius 3 is 2.91 bits per heavy atom. The zero-order valence-electron chi connectivity index (χ0n) is 11.7. The van der Waals surface area contributed by atoms with Gasteiger partial charge in [0.15, 0.2) is 0 Å². The van der Waals surface area contributed by atoms with E-state index in [-0.39, 0.29) is 5.56 Å². The average Bonchev–Trinajstić information content (AvgIpc) is 2.91. The molecule has 0 spiro atoms. The van der Waals surface area contributed by atoms with Crippen LogP contribution in [0.4, 0.5) is 0 Å². The summed E-state index contributed by atoms with van der Waals surface area (Å²) in [7, 11) is 1.53. The normalized spacial score (nSPS) is 12.5. The monoisotopic (exact) mass is 317 g/mol. The highest BCUT2D eigenvalue weighted by Gasteiger charge is 2.22. The molecule has 6 heteroatoms. The number of fused-ring (bicyclic) bond motifs is 1. The number of carboxylic acids is 1. The smallest absolute Gasteiger partial charge is 0.336 e. The number of hydrogen-bond acceptors (Lipinski definition) is 4. The minimum Gasteiger partial charge on any atom is -0.495 e. The predicted molar refractivity (Wildman–Crippen MR) is 81.5 cm³/mol. The highest BCUT2D eigenvalue weighted by atomic mass is 35.5. The van der Waals surface area contributed by atoms with Crippen LogP contribution in [0.2, 0.25) is 5.02 Å². The summed E-state index contributed by atoms with van der Waals surface area (Å²) in [6, 6.07) is 6.57. The summed E-state index contributed by atoms with van der Waals surface area (Å²) >= 11 is 5.97. The molecule has 1 aliphatic rings. The third-order valence-corrected chi connectivity index (χ3v) is 3.65. The molecule has 2 aromatic rings. The highest BCUT2D eigenvalue weighted by molar-refractivity contribution is 6.32. The van der Waals surface area contributed by atoms with E-state index in [1.807, 2.05) is 0 Å². The summed E-state index contributed by atoms with van der Waals surface area (Å²) in [6.07, 6.45) is 3.60. The molecule has 0 aliphatic heterocycles. The van der Waals surface area contributed by atoms with Gasteiger partial charge in [0.25, 0.3) is 0 Å². The molecule has 0 atom stereocenters. The summed E-state index contributed by atoms with van der Waals surface area (Å²) in [5, 5.41) is 9.69. The van der Waals surface area contributed by atoms with Crippen molar-refractivity contribution < 1.29 is 19.4 Å². The number of halogens is 1. The van der Waals surface area contributed by atoms with Crippen LogP contribution in [-0.2, 0) is 6.42 Å². The number of methoxy groups -OCH3 is 1. The van der Waals surface area contributed by atoms with Gasteiger partial charge in [-0.25, -0.2) is 4.79 Å². The standard InChI is InChI=1S/C16H12ClNO4/c1-21-15-8-9(2-3-13(15)17)22-10-6-12-11(16(19)20)4-5-18-14(12)7-10/h2-5,7-8H,6H2,1H3,(H,19,20). The van der Waals surface area contributed by atoms with Gasteiger partial charge in [0.05, 0.1) is 23.4 Å². The SMILES string of the molecule is COc1cc(OC2=Cc3nccc(C(=O)O)c3C2)ccc1Cl. The van der Waals surface area contributed by atoms with Crippen molar-refractivity contribution in [1.29, 1.82) is 0 Å². The molecule has 1 aromatic carbocycles. The maximum Gasteiger partial charge on any atom is 0.336 e. The Kier molecular flexibility index (Phi) is 3.73. The Labute approximate surface area is 131 Å². The Balaban J connectivity index is 1.84. The van der Waals surface area contributed by atoms with E-state index in [0.717, 1.165) is 0 Å². The Morgan fingerprint density at radius 2 is 2.18 bits per heavy atom. The number of allylic oxidation sites excluding steroid dienone is 1. The molecular weight excluding hydrogens is 306 g/mol. The molecule has 0 bridgehead atoms. The van der Waals surface area contributed by atoms with Crippen molar-refractivity contribution >= 4 is 23.6 Å². The molecule has 1 N–H and O–H groups in total. The van der Waals surface area contributed by atoms with Crippen LogP contribution in [0.3, 0.4) is 0 Å². The Bertz CT molecular complexity index is 786. The third-order valence-electron chi connectivity index (χ3n) is 3.34. The van der Waals surface area contributed by atoms with E-state index in [9.17, 15) is 9.90 Å². The predicted octanol–water partition coefficient (Wildman–Crippen LogP) is 3.42. The van der Waals surface area contributed by atoms with E-state index in [1.165, 1.54) is 19.4 Å². The van der Waals surface area contributed by atoms with Crippen LogP contribution in [0.15, 0.2) is 36.2 Å². The second-order valence-corrected chi connectivity index (χ2v) is 5.12. The lowest BCUT2D eigenvalue weighted by atomic mass is 10.1. The Morgan fingerprint density at radius 1 is 1.36 bits per heavy atom. The number of benzene rings is 1. The van der Waals surface area contributed by atoms with Gasteiger partial charge in [-0.3, -0.25) is 4.98 Å². The quantitative estimate of drug-likeness (QED) is 0.935. The molecule has 1 aromatic heterocycles. The number of carbonyl (C=O) groups is 1. The van der Waals surface area contributed by atoms with Crippen LogP contribution in [0.5, 0.6) is 11.5 Å². The first-order valence-corrected chi connectivity index (χ1v) is 6.89. The summed E-state index contributed by atoms with van der Waals surface area (Å²) in [6.45, 7) is 0. The van der Waals surface area contributed by atoms with Gasteiger partial charge in [0, 0.05) is 24.8 Å². The molecule has 1 heterocycles. The number of aromatic nitrogens is 1. The molecule has 0 amide bonds. The van der Waals surface area contributed by atoms with Crippen LogP contribution in [0.25, 0.3) is 6.08 Å². The second-order valence-electron chi connectivity index (χ2n) is 4.71. The van der Waals surface area contributed by atoms with Crippen molar-refractivity contribution in [2.45, 2.75) is 6.42 Å². The van der Waals surface area contributed by atoms with Crippen LogP contribution in [0, 0.1) is 0 Å². The van der Waals surface area contributed by atoms with E-state index in [4.69, 9.17) is 21.1 Å². The van der Waals surface area contributed by atoms with Crippen molar-refractivity contribution in [3.8, 4) is 11.5 Å². The third kappa shape index (κ3) is 2.63. The van der Waals surface area contributed by atoms with Gasteiger partial charge in [0.2, 0.25) is 0 Å². The fraction of sp³-hybridized carbons (Fsp3) is 0.125. The zero-order valence-corrected chi connectivity index (χ0v) is 12.4. The fourth-order valence-corrected chi connectivity index (χ4v) is 2.51. The molecule has 0 fully saturated rings. The summed E-state index contributed by atoms with van der Waals surface area (Å²) in [5.41, 5.74) is 1.52. The van der Waals surface area contributed by atoms with E-state index in [2.05, 4.69) is 4.98 Å². The van der Waals surface area contributed by atoms with Crippen LogP contribution >= 0.6 is 11.6 Å². The summed E-state index contributed by atoms with van der Waals surface area (Å²) in [4.78, 5) is 15.4. The fourth-order valence-electron chi connectivity index (χ4n) is 2.32. The molecule has 0 radical (unpaired) electrons. The molecule has 112 valence electrons. The number of nitrogens with zero attached hydrogens (tertiary/aromatic N) is 1. The molecule has 1 aliphatic carbocycles. The first-order chi connectivity index (χ1) is 10.6. The van der Waals surface area contributed by atoms with Crippen LogP contribution < -0.4 is 9.47 Å². The summed E-state index contributed by atoms with van der Waals surface area (Å²) in [5.74, 6) is 0.735. The minimum atomic E-state index is -0.971. The number of aromatic carboxylic acids is 1. The molecule has 0 unspecified atom stereocenters. The maximum absolute atomic E-state index is 11.2. The first kappa shape index (κ1) is 14.4. The Hall–Kier alpha value is -2.53. The summed E-state index contributed by atoms with van der Waals surface area (Å²) < 4.78 is 10.9. The molecule has 0 saturated carbocycles. The number of hydrogen-bond donors (Lipinski definition) is 1. The van der Waals surface area contributed by atoms with E-state index < -0.39 is 5.97 Å². The van der Waals surface area contributed by atoms with Gasteiger partial charge in [0.1, 0.15) is 17.3 Å². The number of pyridine rings is 1. The molecule has 5 nitrogen and oxygen atoms in total. The molecular formula is C16H12ClNO4. The topological polar surface area (TPSA) is 68.7 Å². The lowest BCUT2D eigenvalue weighted by Gasteiger charge is -2.09. The zero-order chi connectivity index (χ0) is 15.7. The van der Waals surface area contributed by atoms with Crippen molar-refractivity contribution in [2.75, 3.05) is 7.11 Å². The van der Waals surface area contributed by atoms with E-state index in [1.54, 1.807) is 24.3 Å². The average molecular weight is 318 g/mol. The molecule has 0 saturated heterocycles. The van der Waals surface area contributed by atoms with E-state index >= 15 is 0 Å². The number of ether oxygens (including phenoxy) is 2. The highest BCUT2D eigenvalue weighted by Crippen LogP contribution is 2.32. The van der Waals surface area contributed by atoms with Crippen molar-refractivity contribution in [2.24, 2.45) is 0 Å². The van der Waals surface area contributed by atoms with E-state index in [0.29, 0.717) is 40.0 Å². The minimum absolute atomic E-state index is 0.244. The number of carboxylic acid groups (broad SMARTS) is 1. The van der Waals surface area contributed by atoms with Gasteiger partial charge < -0.3 is 14.6 Å². The van der Waals surface area contributed by atoms with Crippen molar-refractivity contribution in [3.05, 3.63) is 58.1 Å². The molecule has 22 heavy (non-hydrogen) atoms. The largest absolute Gasteiger partial charge is 0.495 e. The van der Waals surface area contributed by atoms with Gasteiger partial charge >= 0.3 is 5.97 Å². The number of rotatable bonds is 4. The van der Waals surface area contributed by atoms with Gasteiger partial charge in [-0.05, 0) is 23.8 Å². The lowest BCUT2D eigenvalue weighted by molar-refractivity contribution is 0.0695. The van der Waals surface area contributed by atoms with Crippen LogP contribution in [0.1, 0.15) is 21.6 Å². The van der Waals surface area contributed by atoms with Gasteiger partial charge in [-0.1, -0.05) is 11.6 Å². The van der Waals surface area contributed by atoms with Gasteiger partial charge in [-0.15, -0.1) is 0 Å². The van der Waals surface area contributed by atoms with Crippen LogP contribution in [-0.4, -0.2) is 23.2 Å². The maximum atomic E-state index is 11.2. The van der Waals surface area contributed by atoms with Crippen molar-refractivity contribution in [1.82, 2.24) is 4.98 Å². The first-order valence-electron chi connectivity index (χ1n) is 6.51.